The minimum atomic E-state index is 0.497. The molecule has 1 aromatic rings. The maximum atomic E-state index is 10.7. The van der Waals surface area contributed by atoms with Crippen molar-refractivity contribution in [1.82, 2.24) is 0 Å². The van der Waals surface area contributed by atoms with Crippen molar-refractivity contribution in [2.45, 2.75) is 6.42 Å². The maximum absolute atomic E-state index is 10.7. The number of carbonyl (C=O) groups excluding carboxylic acids is 1. The van der Waals surface area contributed by atoms with Crippen LogP contribution >= 0.6 is 11.6 Å². The average Bonchev–Trinajstić information content (AvgIpc) is 2.26. The van der Waals surface area contributed by atoms with Crippen molar-refractivity contribution in [3.63, 3.8) is 0 Å². The predicted molar refractivity (Wildman–Crippen MR) is 60.1 cm³/mol. The van der Waals surface area contributed by atoms with Gasteiger partial charge in [0.25, 0.3) is 0 Å². The Morgan fingerprint density at radius 2 is 2.00 bits per heavy atom. The lowest BCUT2D eigenvalue weighted by Gasteiger charge is -2.02. The molecule has 0 saturated carbocycles. The number of rotatable bonds is 4. The molecular weight excluding hydrogens is 196 g/mol. The van der Waals surface area contributed by atoms with Gasteiger partial charge in [-0.2, -0.15) is 0 Å². The summed E-state index contributed by atoms with van der Waals surface area (Å²) < 4.78 is 0. The molecule has 0 bridgehead atoms. The van der Waals surface area contributed by atoms with Gasteiger partial charge in [0.1, 0.15) is 6.29 Å². The van der Waals surface area contributed by atoms with E-state index >= 15 is 0 Å². The zero-order chi connectivity index (χ0) is 10.4. The Kier molecular flexibility index (Phi) is 4.14. The van der Waals surface area contributed by atoms with E-state index in [9.17, 15) is 4.79 Å². The Morgan fingerprint density at radius 3 is 2.50 bits per heavy atom. The van der Waals surface area contributed by atoms with E-state index in [-0.39, 0.29) is 0 Å². The average molecular weight is 207 g/mol. The van der Waals surface area contributed by atoms with Gasteiger partial charge in [-0.1, -0.05) is 48.0 Å². The molecule has 0 atom stereocenters. The summed E-state index contributed by atoms with van der Waals surface area (Å²) in [5.74, 6) is 0. The number of halogens is 1. The van der Waals surface area contributed by atoms with Gasteiger partial charge in [0.15, 0.2) is 0 Å². The number of hydrogen-bond donors (Lipinski definition) is 0. The van der Waals surface area contributed by atoms with Crippen LogP contribution in [0.2, 0.25) is 0 Å². The Hall–Kier alpha value is -1.34. The topological polar surface area (TPSA) is 17.1 Å². The molecule has 1 nitrogen and oxygen atoms in total. The fraction of sp³-hybridized carbons (Fsp3) is 0.0833. The SMILES string of the molecule is C=CCC(C=O)=C(Cl)c1ccccc1. The van der Waals surface area contributed by atoms with E-state index in [4.69, 9.17) is 11.6 Å². The second-order valence-corrected chi connectivity index (χ2v) is 3.19. The van der Waals surface area contributed by atoms with Crippen LogP contribution in [0, 0.1) is 0 Å². The minimum Gasteiger partial charge on any atom is -0.298 e. The van der Waals surface area contributed by atoms with Crippen molar-refractivity contribution in [2.24, 2.45) is 0 Å². The zero-order valence-corrected chi connectivity index (χ0v) is 8.50. The lowest BCUT2D eigenvalue weighted by atomic mass is 10.1. The summed E-state index contributed by atoms with van der Waals surface area (Å²) in [6.07, 6.45) is 2.93. The first-order valence-electron chi connectivity index (χ1n) is 4.29. The fourth-order valence-electron chi connectivity index (χ4n) is 1.11. The predicted octanol–water partition coefficient (Wildman–Crippen LogP) is 3.41. The lowest BCUT2D eigenvalue weighted by molar-refractivity contribution is -0.104. The molecule has 2 heteroatoms. The van der Waals surface area contributed by atoms with Crippen LogP contribution in [0.25, 0.3) is 5.03 Å². The summed E-state index contributed by atoms with van der Waals surface area (Å²) in [4.78, 5) is 10.7. The third kappa shape index (κ3) is 2.57. The van der Waals surface area contributed by atoms with Gasteiger partial charge in [0.2, 0.25) is 0 Å². The summed E-state index contributed by atoms with van der Waals surface area (Å²) >= 11 is 6.05. The van der Waals surface area contributed by atoms with E-state index in [2.05, 4.69) is 6.58 Å². The first-order valence-corrected chi connectivity index (χ1v) is 4.67. The third-order valence-corrected chi connectivity index (χ3v) is 2.28. The van der Waals surface area contributed by atoms with E-state index in [0.29, 0.717) is 17.0 Å². The molecule has 0 unspecified atom stereocenters. The van der Waals surface area contributed by atoms with Crippen LogP contribution in [0.15, 0.2) is 48.6 Å². The van der Waals surface area contributed by atoms with Gasteiger partial charge in [0, 0.05) is 5.57 Å². The van der Waals surface area contributed by atoms with Crippen molar-refractivity contribution >= 4 is 22.9 Å². The molecule has 0 N–H and O–H groups in total. The molecular formula is C12H11ClO. The fourth-order valence-corrected chi connectivity index (χ4v) is 1.36. The summed E-state index contributed by atoms with van der Waals surface area (Å²) in [6, 6.07) is 9.41. The number of benzene rings is 1. The highest BCUT2D eigenvalue weighted by molar-refractivity contribution is 6.50. The Labute approximate surface area is 88.7 Å². The molecule has 14 heavy (non-hydrogen) atoms. The highest BCUT2D eigenvalue weighted by Gasteiger charge is 2.03. The van der Waals surface area contributed by atoms with E-state index in [1.807, 2.05) is 30.3 Å². The second-order valence-electron chi connectivity index (χ2n) is 2.82. The third-order valence-electron chi connectivity index (χ3n) is 1.82. The molecule has 0 aliphatic heterocycles. The van der Waals surface area contributed by atoms with Gasteiger partial charge >= 0.3 is 0 Å². The molecule has 0 spiro atoms. The van der Waals surface area contributed by atoms with Crippen LogP contribution in [0.1, 0.15) is 12.0 Å². The minimum absolute atomic E-state index is 0.497. The number of carbonyl (C=O) groups is 1. The standard InChI is InChI=1S/C12H11ClO/c1-2-6-11(9-14)12(13)10-7-4-3-5-8-10/h2-5,7-9H,1,6H2. The number of aldehydes is 1. The van der Waals surface area contributed by atoms with Crippen LogP contribution in [-0.2, 0) is 4.79 Å². The van der Waals surface area contributed by atoms with Gasteiger partial charge in [0.05, 0.1) is 5.03 Å². The largest absolute Gasteiger partial charge is 0.298 e. The van der Waals surface area contributed by atoms with Crippen molar-refractivity contribution in [2.75, 3.05) is 0 Å². The number of hydrogen-bond acceptors (Lipinski definition) is 1. The Morgan fingerprint density at radius 1 is 1.36 bits per heavy atom. The molecule has 1 aromatic carbocycles. The first kappa shape index (κ1) is 10.7. The summed E-state index contributed by atoms with van der Waals surface area (Å²) in [7, 11) is 0. The van der Waals surface area contributed by atoms with Crippen molar-refractivity contribution in [3.05, 3.63) is 54.1 Å². The normalized spacial score (nSPS) is 11.8. The van der Waals surface area contributed by atoms with Gasteiger partial charge in [-0.3, -0.25) is 4.79 Å². The highest BCUT2D eigenvalue weighted by atomic mass is 35.5. The van der Waals surface area contributed by atoms with Crippen LogP contribution < -0.4 is 0 Å². The molecule has 1 rings (SSSR count). The molecule has 0 fully saturated rings. The zero-order valence-electron chi connectivity index (χ0n) is 7.74. The van der Waals surface area contributed by atoms with Gasteiger partial charge in [-0.05, 0) is 12.0 Å². The van der Waals surface area contributed by atoms with Crippen molar-refractivity contribution < 1.29 is 4.79 Å². The van der Waals surface area contributed by atoms with Crippen molar-refractivity contribution in [3.8, 4) is 0 Å². The van der Waals surface area contributed by atoms with Crippen LogP contribution in [0.4, 0.5) is 0 Å². The Bertz CT molecular complexity index is 352. The van der Waals surface area contributed by atoms with Crippen LogP contribution in [0.5, 0.6) is 0 Å². The van der Waals surface area contributed by atoms with Crippen molar-refractivity contribution in [1.29, 1.82) is 0 Å². The quantitative estimate of drug-likeness (QED) is 0.419. The molecule has 72 valence electrons. The maximum Gasteiger partial charge on any atom is 0.147 e. The molecule has 0 aliphatic carbocycles. The first-order chi connectivity index (χ1) is 6.79. The van der Waals surface area contributed by atoms with Gasteiger partial charge in [-0.15, -0.1) is 6.58 Å². The van der Waals surface area contributed by atoms with E-state index in [1.54, 1.807) is 6.08 Å². The van der Waals surface area contributed by atoms with E-state index in [1.165, 1.54) is 0 Å². The lowest BCUT2D eigenvalue weighted by Crippen LogP contribution is -1.87. The molecule has 0 aromatic heterocycles. The van der Waals surface area contributed by atoms with E-state index < -0.39 is 0 Å². The smallest absolute Gasteiger partial charge is 0.147 e. The van der Waals surface area contributed by atoms with Crippen LogP contribution in [0.3, 0.4) is 0 Å². The monoisotopic (exact) mass is 206 g/mol. The van der Waals surface area contributed by atoms with Gasteiger partial charge in [-0.25, -0.2) is 0 Å². The molecule has 0 radical (unpaired) electrons. The Balaban J connectivity index is 3.07. The summed E-state index contributed by atoms with van der Waals surface area (Å²) in [5, 5.41) is 0.500. The van der Waals surface area contributed by atoms with Crippen LogP contribution in [-0.4, -0.2) is 6.29 Å². The second kappa shape index (κ2) is 5.40. The summed E-state index contributed by atoms with van der Waals surface area (Å²) in [5.41, 5.74) is 1.42. The molecule has 0 aliphatic rings. The molecule has 0 amide bonds. The molecule has 0 saturated heterocycles. The van der Waals surface area contributed by atoms with E-state index in [0.717, 1.165) is 11.8 Å². The highest BCUT2D eigenvalue weighted by Crippen LogP contribution is 2.23. The molecule has 0 heterocycles. The van der Waals surface area contributed by atoms with Gasteiger partial charge < -0.3 is 0 Å². The summed E-state index contributed by atoms with van der Waals surface area (Å²) in [6.45, 7) is 3.57. The number of allylic oxidation sites excluding steroid dienone is 2.